The van der Waals surface area contributed by atoms with Crippen LogP contribution in [0.3, 0.4) is 0 Å². The molecule has 6 nitrogen and oxygen atoms in total. The van der Waals surface area contributed by atoms with E-state index in [9.17, 15) is 9.90 Å². The standard InChI is InChI=1S/C13H13N3O3/c17-10-4-2-1-3-9(10)12-15-14-11-7-8(13(18)19)5-6-16(11)12/h1-4,8,17H,5-7H2,(H,18,19). The number of carbonyl (C=O) groups is 1. The molecule has 1 atom stereocenters. The molecule has 1 aliphatic heterocycles. The number of aliphatic carboxylic acids is 1. The highest BCUT2D eigenvalue weighted by molar-refractivity contribution is 5.70. The van der Waals surface area contributed by atoms with Crippen LogP contribution in [0.1, 0.15) is 12.2 Å². The summed E-state index contributed by atoms with van der Waals surface area (Å²) >= 11 is 0. The number of nitrogens with zero attached hydrogens (tertiary/aromatic N) is 3. The van der Waals surface area contributed by atoms with Crippen LogP contribution in [0.15, 0.2) is 24.3 Å². The van der Waals surface area contributed by atoms with Gasteiger partial charge in [0.25, 0.3) is 0 Å². The fourth-order valence-corrected chi connectivity index (χ4v) is 2.40. The number of phenolic OH excluding ortho intramolecular Hbond substituents is 1. The molecule has 2 aromatic rings. The number of hydrogen-bond acceptors (Lipinski definition) is 4. The minimum atomic E-state index is -0.793. The maximum atomic E-state index is 11.0. The SMILES string of the molecule is O=C(O)C1CCn2c(nnc2-c2ccccc2O)C1. The van der Waals surface area contributed by atoms with Crippen molar-refractivity contribution in [2.45, 2.75) is 19.4 Å². The summed E-state index contributed by atoms with van der Waals surface area (Å²) in [6.45, 7) is 0.558. The van der Waals surface area contributed by atoms with Gasteiger partial charge in [-0.05, 0) is 18.6 Å². The van der Waals surface area contributed by atoms with Gasteiger partial charge in [-0.2, -0.15) is 0 Å². The van der Waals surface area contributed by atoms with Crippen molar-refractivity contribution in [2.75, 3.05) is 0 Å². The first-order chi connectivity index (χ1) is 9.16. The van der Waals surface area contributed by atoms with Crippen molar-refractivity contribution < 1.29 is 15.0 Å². The lowest BCUT2D eigenvalue weighted by Crippen LogP contribution is -2.26. The molecule has 0 aliphatic carbocycles. The Morgan fingerprint density at radius 1 is 1.32 bits per heavy atom. The first-order valence-corrected chi connectivity index (χ1v) is 6.10. The smallest absolute Gasteiger partial charge is 0.307 e. The number of carboxylic acids is 1. The number of hydrogen-bond donors (Lipinski definition) is 2. The summed E-state index contributed by atoms with van der Waals surface area (Å²) in [5.74, 6) is 0.221. The number of aromatic hydroxyl groups is 1. The predicted octanol–water partition coefficient (Wildman–Crippen LogP) is 1.30. The summed E-state index contributed by atoms with van der Waals surface area (Å²) in [6, 6.07) is 6.93. The van der Waals surface area contributed by atoms with E-state index in [1.165, 1.54) is 0 Å². The molecule has 0 radical (unpaired) electrons. The van der Waals surface area contributed by atoms with Crippen LogP contribution in [-0.4, -0.2) is 30.9 Å². The molecular weight excluding hydrogens is 246 g/mol. The quantitative estimate of drug-likeness (QED) is 0.848. The van der Waals surface area contributed by atoms with E-state index < -0.39 is 11.9 Å². The van der Waals surface area contributed by atoms with Crippen LogP contribution < -0.4 is 0 Å². The van der Waals surface area contributed by atoms with Gasteiger partial charge in [0.1, 0.15) is 11.6 Å². The predicted molar refractivity (Wildman–Crippen MR) is 66.6 cm³/mol. The van der Waals surface area contributed by atoms with Crippen molar-refractivity contribution in [3.05, 3.63) is 30.1 Å². The summed E-state index contributed by atoms with van der Waals surface area (Å²) in [5, 5.41) is 27.0. The van der Waals surface area contributed by atoms with Gasteiger partial charge in [-0.1, -0.05) is 12.1 Å². The lowest BCUT2D eigenvalue weighted by molar-refractivity contribution is -0.142. The lowest BCUT2D eigenvalue weighted by Gasteiger charge is -2.20. The number of rotatable bonds is 2. The highest BCUT2D eigenvalue weighted by atomic mass is 16.4. The maximum Gasteiger partial charge on any atom is 0.307 e. The van der Waals surface area contributed by atoms with E-state index in [0.29, 0.717) is 36.6 Å². The van der Waals surface area contributed by atoms with Gasteiger partial charge in [0, 0.05) is 13.0 Å². The largest absolute Gasteiger partial charge is 0.507 e. The van der Waals surface area contributed by atoms with E-state index in [1.807, 2.05) is 10.6 Å². The zero-order valence-electron chi connectivity index (χ0n) is 10.2. The summed E-state index contributed by atoms with van der Waals surface area (Å²) in [4.78, 5) is 11.0. The third-order valence-corrected chi connectivity index (χ3v) is 3.45. The second kappa shape index (κ2) is 4.38. The first kappa shape index (κ1) is 11.7. The van der Waals surface area contributed by atoms with Gasteiger partial charge in [-0.25, -0.2) is 0 Å². The van der Waals surface area contributed by atoms with Crippen molar-refractivity contribution in [1.29, 1.82) is 0 Å². The van der Waals surface area contributed by atoms with Crippen molar-refractivity contribution >= 4 is 5.97 Å². The molecule has 98 valence electrons. The first-order valence-electron chi connectivity index (χ1n) is 6.10. The average molecular weight is 259 g/mol. The van der Waals surface area contributed by atoms with Gasteiger partial charge >= 0.3 is 5.97 Å². The Balaban J connectivity index is 2.00. The Labute approximate surface area is 109 Å². The van der Waals surface area contributed by atoms with Gasteiger partial charge in [-0.15, -0.1) is 10.2 Å². The number of fused-ring (bicyclic) bond motifs is 1. The van der Waals surface area contributed by atoms with Crippen LogP contribution in [0.25, 0.3) is 11.4 Å². The Bertz CT molecular complexity index is 636. The number of aromatic nitrogens is 3. The maximum absolute atomic E-state index is 11.0. The van der Waals surface area contributed by atoms with Crippen LogP contribution >= 0.6 is 0 Å². The fraction of sp³-hybridized carbons (Fsp3) is 0.308. The molecule has 0 spiro atoms. The molecule has 6 heteroatoms. The van der Waals surface area contributed by atoms with E-state index in [-0.39, 0.29) is 5.75 Å². The molecule has 2 N–H and O–H groups in total. The molecule has 1 unspecified atom stereocenters. The molecule has 1 aromatic carbocycles. The van der Waals surface area contributed by atoms with Gasteiger partial charge in [0.05, 0.1) is 11.5 Å². The second-order valence-corrected chi connectivity index (χ2v) is 4.64. The van der Waals surface area contributed by atoms with Crippen LogP contribution in [0.2, 0.25) is 0 Å². The van der Waals surface area contributed by atoms with E-state index in [4.69, 9.17) is 5.11 Å². The zero-order valence-corrected chi connectivity index (χ0v) is 10.2. The van der Waals surface area contributed by atoms with E-state index in [2.05, 4.69) is 10.2 Å². The van der Waals surface area contributed by atoms with E-state index in [0.717, 1.165) is 0 Å². The minimum Gasteiger partial charge on any atom is -0.507 e. The molecule has 19 heavy (non-hydrogen) atoms. The third kappa shape index (κ3) is 1.95. The molecule has 0 saturated heterocycles. The number of carboxylic acid groups (broad SMARTS) is 1. The van der Waals surface area contributed by atoms with Gasteiger partial charge in [0.2, 0.25) is 0 Å². The van der Waals surface area contributed by atoms with Crippen LogP contribution in [0.4, 0.5) is 0 Å². The Morgan fingerprint density at radius 2 is 2.11 bits per heavy atom. The molecule has 0 bridgehead atoms. The number of para-hydroxylation sites is 1. The zero-order chi connectivity index (χ0) is 13.4. The molecule has 1 aromatic heterocycles. The molecule has 3 rings (SSSR count). The number of benzene rings is 1. The third-order valence-electron chi connectivity index (χ3n) is 3.45. The van der Waals surface area contributed by atoms with Crippen LogP contribution in [0, 0.1) is 5.92 Å². The normalized spacial score (nSPS) is 18.0. The molecule has 2 heterocycles. The molecular formula is C13H13N3O3. The van der Waals surface area contributed by atoms with Crippen LogP contribution in [-0.2, 0) is 17.8 Å². The summed E-state index contributed by atoms with van der Waals surface area (Å²) < 4.78 is 1.88. The van der Waals surface area contributed by atoms with Crippen molar-refractivity contribution in [3.8, 4) is 17.1 Å². The summed E-state index contributed by atoms with van der Waals surface area (Å²) in [7, 11) is 0. The summed E-state index contributed by atoms with van der Waals surface area (Å²) in [6.07, 6.45) is 0.941. The van der Waals surface area contributed by atoms with Crippen LogP contribution in [0.5, 0.6) is 5.75 Å². The molecule has 0 fully saturated rings. The van der Waals surface area contributed by atoms with Crippen molar-refractivity contribution in [1.82, 2.24) is 14.8 Å². The van der Waals surface area contributed by atoms with E-state index in [1.54, 1.807) is 18.2 Å². The Morgan fingerprint density at radius 3 is 2.84 bits per heavy atom. The molecule has 0 amide bonds. The fourth-order valence-electron chi connectivity index (χ4n) is 2.40. The highest BCUT2D eigenvalue weighted by Gasteiger charge is 2.28. The van der Waals surface area contributed by atoms with Crippen molar-refractivity contribution in [2.24, 2.45) is 5.92 Å². The van der Waals surface area contributed by atoms with E-state index >= 15 is 0 Å². The topological polar surface area (TPSA) is 88.2 Å². The van der Waals surface area contributed by atoms with Gasteiger partial charge in [0.15, 0.2) is 5.82 Å². The summed E-state index contributed by atoms with van der Waals surface area (Å²) in [5.41, 5.74) is 0.620. The minimum absolute atomic E-state index is 0.151. The monoisotopic (exact) mass is 259 g/mol. The number of phenols is 1. The van der Waals surface area contributed by atoms with Gasteiger partial charge < -0.3 is 14.8 Å². The second-order valence-electron chi connectivity index (χ2n) is 4.64. The Kier molecular flexibility index (Phi) is 2.70. The molecule has 1 aliphatic rings. The molecule has 0 saturated carbocycles. The highest BCUT2D eigenvalue weighted by Crippen LogP contribution is 2.30. The Hall–Kier alpha value is -2.37. The average Bonchev–Trinajstić information content (AvgIpc) is 2.82. The lowest BCUT2D eigenvalue weighted by atomic mass is 9.98. The van der Waals surface area contributed by atoms with Gasteiger partial charge in [-0.3, -0.25) is 4.79 Å². The van der Waals surface area contributed by atoms with Crippen molar-refractivity contribution in [3.63, 3.8) is 0 Å².